The van der Waals surface area contributed by atoms with Gasteiger partial charge in [0.2, 0.25) is 0 Å². The summed E-state index contributed by atoms with van der Waals surface area (Å²) in [5.74, 6) is -0.00569. The van der Waals surface area contributed by atoms with Gasteiger partial charge in [-0.15, -0.1) is 5.11 Å². The molecule has 0 bridgehead atoms. The van der Waals surface area contributed by atoms with E-state index >= 15 is 0 Å². The molecule has 0 aliphatic carbocycles. The van der Waals surface area contributed by atoms with Crippen LogP contribution in [0.2, 0.25) is 0 Å². The average molecular weight is 370 g/mol. The van der Waals surface area contributed by atoms with E-state index in [2.05, 4.69) is 10.2 Å². The van der Waals surface area contributed by atoms with Crippen molar-refractivity contribution in [2.75, 3.05) is 0 Å². The predicted molar refractivity (Wildman–Crippen MR) is 88.9 cm³/mol. The molecule has 6 nitrogen and oxygen atoms in total. The van der Waals surface area contributed by atoms with E-state index in [1.807, 2.05) is 24.3 Å². The molecule has 25 heavy (non-hydrogen) atoms. The van der Waals surface area contributed by atoms with Gasteiger partial charge in [0.15, 0.2) is 0 Å². The van der Waals surface area contributed by atoms with Crippen molar-refractivity contribution >= 4 is 32.3 Å². The van der Waals surface area contributed by atoms with Gasteiger partial charge in [-0.2, -0.15) is 5.11 Å². The van der Waals surface area contributed by atoms with Gasteiger partial charge in [-0.05, 0) is 42.1 Å². The van der Waals surface area contributed by atoms with Crippen LogP contribution in [-0.2, 0) is 10.1 Å². The van der Waals surface area contributed by atoms with E-state index in [4.69, 9.17) is 0 Å². The van der Waals surface area contributed by atoms with E-state index in [0.717, 1.165) is 10.8 Å². The largest absolute Gasteiger partial charge is 1.00 e. The monoisotopic (exact) mass is 370 g/mol. The zero-order chi connectivity index (χ0) is 17.3. The fraction of sp³-hybridized carbons (Fsp3) is 0.0588. The molecule has 0 aliphatic heterocycles. The zero-order valence-corrected chi connectivity index (χ0v) is 16.5. The van der Waals surface area contributed by atoms with E-state index in [0.29, 0.717) is 16.9 Å². The van der Waals surface area contributed by atoms with Crippen LogP contribution in [0, 0.1) is 6.92 Å². The Kier molecular flexibility index (Phi) is 5.97. The molecule has 1 N–H and O–H groups in total. The average Bonchev–Trinajstić information content (AvgIpc) is 2.54. The number of hydrogen-bond acceptors (Lipinski definition) is 6. The van der Waals surface area contributed by atoms with Crippen molar-refractivity contribution in [1.29, 1.82) is 0 Å². The molecule has 0 heterocycles. The molecule has 0 fully saturated rings. The minimum absolute atomic E-state index is 0. The van der Waals surface area contributed by atoms with Gasteiger partial charge in [0.1, 0.15) is 21.6 Å². The van der Waals surface area contributed by atoms with Crippen LogP contribution in [-0.4, -0.2) is 18.1 Å². The number of fused-ring (bicyclic) bond motifs is 1. The molecule has 0 radical (unpaired) electrons. The van der Waals surface area contributed by atoms with Crippen molar-refractivity contribution in [3.63, 3.8) is 0 Å². The third-order valence-electron chi connectivity index (χ3n) is 3.59. The van der Waals surface area contributed by atoms with Gasteiger partial charge in [-0.25, -0.2) is 8.42 Å². The normalized spacial score (nSPS) is 11.6. The predicted octanol–water partition coefficient (Wildman–Crippen LogP) is 1.18. The molecular formula is C17H13N2NaO4S. The van der Waals surface area contributed by atoms with Gasteiger partial charge < -0.3 is 9.66 Å². The first-order valence-electron chi connectivity index (χ1n) is 7.05. The summed E-state index contributed by atoms with van der Waals surface area (Å²) < 4.78 is 33.1. The topological polar surface area (TPSA) is 102 Å². The molecule has 122 valence electrons. The van der Waals surface area contributed by atoms with Crippen LogP contribution >= 0.6 is 0 Å². The van der Waals surface area contributed by atoms with Crippen LogP contribution in [0.25, 0.3) is 10.8 Å². The van der Waals surface area contributed by atoms with E-state index in [9.17, 15) is 18.1 Å². The van der Waals surface area contributed by atoms with E-state index in [-0.39, 0.29) is 40.2 Å². The molecule has 0 saturated heterocycles. The fourth-order valence-electron chi connectivity index (χ4n) is 2.35. The summed E-state index contributed by atoms with van der Waals surface area (Å²) in [6, 6.07) is 14.6. The number of rotatable bonds is 3. The maximum Gasteiger partial charge on any atom is 1.00 e. The summed E-state index contributed by atoms with van der Waals surface area (Å²) in [4.78, 5) is -0.313. The van der Waals surface area contributed by atoms with Crippen LogP contribution in [0.1, 0.15) is 5.56 Å². The van der Waals surface area contributed by atoms with Crippen LogP contribution < -0.4 is 29.6 Å². The van der Waals surface area contributed by atoms with Crippen molar-refractivity contribution in [2.45, 2.75) is 11.8 Å². The SMILES string of the molecule is C[13c]1[13cH][13c](S(=O)(=O)[O-])[13cH][13cH][13c]1N=Nc1c(O)ccc2ccccc12.[Na+]. The molecule has 3 aromatic carbocycles. The minimum atomic E-state index is -4.51. The quantitative estimate of drug-likeness (QED) is 0.425. The molecular weight excluding hydrogens is 357 g/mol. The molecule has 3 rings (SSSR count). The van der Waals surface area contributed by atoms with E-state index in [1.165, 1.54) is 24.3 Å². The van der Waals surface area contributed by atoms with Crippen LogP contribution in [0.4, 0.5) is 11.4 Å². The van der Waals surface area contributed by atoms with Crippen molar-refractivity contribution in [3.05, 3.63) is 60.2 Å². The van der Waals surface area contributed by atoms with Gasteiger partial charge in [0.05, 0.1) is 10.6 Å². The number of azo groups is 1. The second-order valence-electron chi connectivity index (χ2n) is 5.26. The van der Waals surface area contributed by atoms with Crippen molar-refractivity contribution in [3.8, 4) is 5.75 Å². The maximum atomic E-state index is 11.0. The summed E-state index contributed by atoms with van der Waals surface area (Å²) >= 11 is 0. The Morgan fingerprint density at radius 1 is 1.00 bits per heavy atom. The molecule has 0 aromatic heterocycles. The molecule has 0 aliphatic rings. The van der Waals surface area contributed by atoms with Crippen molar-refractivity contribution in [2.24, 2.45) is 10.2 Å². The zero-order valence-electron chi connectivity index (χ0n) is 13.7. The smallest absolute Gasteiger partial charge is 0.744 e. The van der Waals surface area contributed by atoms with E-state index < -0.39 is 10.1 Å². The molecule has 8 heteroatoms. The Morgan fingerprint density at radius 2 is 1.72 bits per heavy atom. The minimum Gasteiger partial charge on any atom is -0.744 e. The van der Waals surface area contributed by atoms with Gasteiger partial charge >= 0.3 is 29.6 Å². The summed E-state index contributed by atoms with van der Waals surface area (Å²) in [5, 5.41) is 19.9. The first-order valence-corrected chi connectivity index (χ1v) is 8.46. The first-order chi connectivity index (χ1) is 11.4. The van der Waals surface area contributed by atoms with Crippen molar-refractivity contribution in [1.82, 2.24) is 0 Å². The third-order valence-corrected chi connectivity index (χ3v) is 4.43. The van der Waals surface area contributed by atoms with Crippen LogP contribution in [0.15, 0.2) is 69.7 Å². The molecule has 3 aromatic rings. The van der Waals surface area contributed by atoms with Gasteiger partial charge in [0, 0.05) is 5.39 Å². The van der Waals surface area contributed by atoms with E-state index in [1.54, 1.807) is 13.0 Å². The summed E-state index contributed by atoms with van der Waals surface area (Å²) in [6.45, 7) is 1.63. The Hall–Kier alpha value is -1.77. The Labute approximate surface area is 167 Å². The molecule has 0 unspecified atom stereocenters. The number of aromatic hydroxyl groups is 1. The number of nitrogens with zero attached hydrogens (tertiary/aromatic N) is 2. The number of phenols is 1. The number of phenolic OH excluding ortho intramolecular Hbond substituents is 1. The Balaban J connectivity index is 0.00000225. The number of benzene rings is 3. The van der Waals surface area contributed by atoms with Crippen molar-refractivity contribution < 1.29 is 47.6 Å². The first kappa shape index (κ1) is 19.6. The Morgan fingerprint density at radius 3 is 2.40 bits per heavy atom. The molecule has 0 saturated carbocycles. The summed E-state index contributed by atoms with van der Waals surface area (Å²) in [6.07, 6.45) is 0. The number of aryl methyl sites for hydroxylation is 1. The maximum absolute atomic E-state index is 11.0. The second-order valence-corrected chi connectivity index (χ2v) is 6.64. The third kappa shape index (κ3) is 4.26. The van der Waals surface area contributed by atoms with Gasteiger partial charge in [0.25, 0.3) is 0 Å². The Bertz CT molecular complexity index is 1070. The fourth-order valence-corrected chi connectivity index (χ4v) is 2.90. The molecule has 0 spiro atoms. The van der Waals surface area contributed by atoms with Gasteiger partial charge in [-0.1, -0.05) is 30.3 Å². The summed E-state index contributed by atoms with van der Waals surface area (Å²) in [5.41, 5.74) is 1.23. The standard InChI is InChI=1S/C17H14N2O4S.Na/c1-11-10-13(24(21,22)23)7-8-15(11)18-19-17-14-5-3-2-4-12(14)6-9-16(17)20;/h2-10,20H,1H3,(H,21,22,23);/q;+1/p-1/i7+1,8+1,10+1,11+1,13+1,15+1;. The molecule has 0 amide bonds. The van der Waals surface area contributed by atoms with Crippen LogP contribution in [0.5, 0.6) is 5.75 Å². The second kappa shape index (κ2) is 7.63. The van der Waals surface area contributed by atoms with Gasteiger partial charge in [-0.3, -0.25) is 0 Å². The molecule has 0 atom stereocenters. The van der Waals surface area contributed by atoms with Crippen LogP contribution in [0.3, 0.4) is 0 Å². The number of hydrogen-bond donors (Lipinski definition) is 1. The summed E-state index contributed by atoms with van der Waals surface area (Å²) in [7, 11) is -4.51.